The lowest BCUT2D eigenvalue weighted by atomic mass is 10.1. The second-order valence-corrected chi connectivity index (χ2v) is 6.98. The Labute approximate surface area is 157 Å². The summed E-state index contributed by atoms with van der Waals surface area (Å²) in [7, 11) is 1.55. The number of benzene rings is 2. The maximum Gasteiger partial charge on any atom is 0.307 e. The molecule has 1 atom stereocenters. The molecular weight excluding hydrogens is 440 g/mol. The Morgan fingerprint density at radius 1 is 1.12 bits per heavy atom. The van der Waals surface area contributed by atoms with Gasteiger partial charge in [-0.1, -0.05) is 46.3 Å². The zero-order chi connectivity index (χ0) is 17.5. The second-order valence-electron chi connectivity index (χ2n) is 5.02. The van der Waals surface area contributed by atoms with Crippen molar-refractivity contribution in [2.75, 3.05) is 13.7 Å². The largest absolute Gasteiger partial charge is 0.496 e. The molecular formula is C18H16Br2O4. The zero-order valence-corrected chi connectivity index (χ0v) is 16.2. The highest BCUT2D eigenvalue weighted by Gasteiger charge is 2.16. The van der Waals surface area contributed by atoms with Crippen LogP contribution in [0.15, 0.2) is 53.0 Å². The van der Waals surface area contributed by atoms with Crippen molar-refractivity contribution in [1.29, 1.82) is 0 Å². The number of ether oxygens (including phenoxy) is 2. The van der Waals surface area contributed by atoms with Crippen molar-refractivity contribution in [3.8, 4) is 5.75 Å². The Balaban J connectivity index is 1.87. The lowest BCUT2D eigenvalue weighted by molar-refractivity contribution is -0.142. The van der Waals surface area contributed by atoms with Gasteiger partial charge in [-0.05, 0) is 39.7 Å². The third-order valence-electron chi connectivity index (χ3n) is 3.35. The number of halogens is 2. The van der Waals surface area contributed by atoms with Gasteiger partial charge in [-0.3, -0.25) is 9.59 Å². The molecule has 0 aliphatic carbocycles. The molecule has 2 rings (SSSR count). The average molecular weight is 456 g/mol. The molecule has 0 aliphatic heterocycles. The summed E-state index contributed by atoms with van der Waals surface area (Å²) in [5, 5.41) is 0. The lowest BCUT2D eigenvalue weighted by Crippen LogP contribution is -2.15. The number of alkyl halides is 1. The summed E-state index contributed by atoms with van der Waals surface area (Å²) >= 11 is 6.78. The van der Waals surface area contributed by atoms with E-state index in [0.29, 0.717) is 15.8 Å². The summed E-state index contributed by atoms with van der Waals surface area (Å²) in [6, 6.07) is 14.5. The summed E-state index contributed by atoms with van der Waals surface area (Å²) in [4.78, 5) is 23.9. The first kappa shape index (κ1) is 18.7. The number of ketones is 1. The molecule has 126 valence electrons. The van der Waals surface area contributed by atoms with Crippen molar-refractivity contribution >= 4 is 43.6 Å². The highest BCUT2D eigenvalue weighted by atomic mass is 79.9. The number of hydrogen-bond acceptors (Lipinski definition) is 4. The predicted molar refractivity (Wildman–Crippen MR) is 98.7 cm³/mol. The van der Waals surface area contributed by atoms with E-state index in [1.165, 1.54) is 0 Å². The van der Waals surface area contributed by atoms with E-state index in [2.05, 4.69) is 31.9 Å². The topological polar surface area (TPSA) is 52.6 Å². The summed E-state index contributed by atoms with van der Waals surface area (Å²) in [6.07, 6.45) is 0.156. The van der Waals surface area contributed by atoms with Crippen LogP contribution in [0.1, 0.15) is 27.2 Å². The van der Waals surface area contributed by atoms with Crippen LogP contribution in [-0.4, -0.2) is 25.5 Å². The highest BCUT2D eigenvalue weighted by Crippen LogP contribution is 2.27. The first-order valence-corrected chi connectivity index (χ1v) is 8.93. The van der Waals surface area contributed by atoms with Gasteiger partial charge in [0.1, 0.15) is 5.75 Å². The Bertz CT molecular complexity index is 716. The summed E-state index contributed by atoms with van der Waals surface area (Å²) in [5.74, 6) is -0.0623. The molecule has 0 heterocycles. The molecule has 0 spiro atoms. The minimum atomic E-state index is -0.429. The van der Waals surface area contributed by atoms with E-state index in [1.54, 1.807) is 25.3 Å². The average Bonchev–Trinajstić information content (AvgIpc) is 2.60. The zero-order valence-electron chi connectivity index (χ0n) is 13.0. The number of hydrogen-bond donors (Lipinski definition) is 0. The van der Waals surface area contributed by atoms with Crippen LogP contribution >= 0.6 is 31.9 Å². The minimum absolute atomic E-state index is 0.142. The molecule has 1 unspecified atom stereocenters. The number of methoxy groups -OCH3 is 1. The van der Waals surface area contributed by atoms with Gasteiger partial charge in [-0.15, -0.1) is 0 Å². The molecule has 0 saturated carbocycles. The van der Waals surface area contributed by atoms with Crippen LogP contribution in [0.2, 0.25) is 0 Å². The van der Waals surface area contributed by atoms with Crippen LogP contribution in [0.25, 0.3) is 0 Å². The normalized spacial score (nSPS) is 11.6. The smallest absolute Gasteiger partial charge is 0.307 e. The number of Topliss-reactive ketones (excluding diaryl/α,β-unsaturated/α-hetero) is 1. The molecule has 0 fully saturated rings. The highest BCUT2D eigenvalue weighted by molar-refractivity contribution is 9.10. The predicted octanol–water partition coefficient (Wildman–Crippen LogP) is 4.71. The van der Waals surface area contributed by atoms with Crippen molar-refractivity contribution in [2.45, 2.75) is 11.2 Å². The van der Waals surface area contributed by atoms with Gasteiger partial charge in [0, 0.05) is 10.4 Å². The Morgan fingerprint density at radius 2 is 1.83 bits per heavy atom. The molecule has 6 heteroatoms. The first-order chi connectivity index (χ1) is 11.5. The fraction of sp³-hybridized carbons (Fsp3) is 0.222. The third kappa shape index (κ3) is 5.18. The Hall–Kier alpha value is -1.66. The number of esters is 1. The molecule has 24 heavy (non-hydrogen) atoms. The second kappa shape index (κ2) is 8.99. The van der Waals surface area contributed by atoms with Gasteiger partial charge in [0.05, 0.1) is 18.0 Å². The Morgan fingerprint density at radius 3 is 2.46 bits per heavy atom. The van der Waals surface area contributed by atoms with Gasteiger partial charge >= 0.3 is 5.97 Å². The summed E-state index contributed by atoms with van der Waals surface area (Å²) in [5.41, 5.74) is 1.44. The monoisotopic (exact) mass is 454 g/mol. The standard InChI is InChI=1S/C18H16Br2O4/c1-23-17-8-7-13(9-15(17)20)16(21)11-24-18(22)10-14(19)12-5-3-2-4-6-12/h2-9,14H,10-11H2,1H3. The van der Waals surface area contributed by atoms with E-state index in [9.17, 15) is 9.59 Å². The van der Waals surface area contributed by atoms with Crippen LogP contribution in [0.3, 0.4) is 0 Å². The molecule has 0 aliphatic rings. The van der Waals surface area contributed by atoms with Gasteiger partial charge in [0.15, 0.2) is 12.4 Å². The maximum absolute atomic E-state index is 12.1. The molecule has 0 radical (unpaired) electrons. The van der Waals surface area contributed by atoms with Crippen LogP contribution in [0.5, 0.6) is 5.75 Å². The van der Waals surface area contributed by atoms with Crippen molar-refractivity contribution < 1.29 is 19.1 Å². The third-order valence-corrected chi connectivity index (χ3v) is 4.82. The van der Waals surface area contributed by atoms with Crippen molar-refractivity contribution in [2.24, 2.45) is 0 Å². The van der Waals surface area contributed by atoms with E-state index in [-0.39, 0.29) is 23.6 Å². The first-order valence-electron chi connectivity index (χ1n) is 7.22. The van der Waals surface area contributed by atoms with Gasteiger partial charge < -0.3 is 9.47 Å². The summed E-state index contributed by atoms with van der Waals surface area (Å²) < 4.78 is 10.9. The summed E-state index contributed by atoms with van der Waals surface area (Å²) in [6.45, 7) is -0.286. The van der Waals surface area contributed by atoms with Crippen LogP contribution in [0.4, 0.5) is 0 Å². The van der Waals surface area contributed by atoms with Gasteiger partial charge in [0.25, 0.3) is 0 Å². The van der Waals surface area contributed by atoms with Gasteiger partial charge in [-0.25, -0.2) is 0 Å². The molecule has 2 aromatic carbocycles. The molecule has 0 N–H and O–H groups in total. The Kier molecular flexibility index (Phi) is 6.99. The van der Waals surface area contributed by atoms with E-state index in [0.717, 1.165) is 5.56 Å². The van der Waals surface area contributed by atoms with Crippen LogP contribution in [0, 0.1) is 0 Å². The minimum Gasteiger partial charge on any atom is -0.496 e. The molecule has 0 saturated heterocycles. The molecule has 0 amide bonds. The van der Waals surface area contributed by atoms with E-state index in [4.69, 9.17) is 9.47 Å². The van der Waals surface area contributed by atoms with E-state index < -0.39 is 5.97 Å². The van der Waals surface area contributed by atoms with Crippen LogP contribution < -0.4 is 4.74 Å². The van der Waals surface area contributed by atoms with Crippen LogP contribution in [-0.2, 0) is 9.53 Å². The lowest BCUT2D eigenvalue weighted by Gasteiger charge is -2.10. The van der Waals surface area contributed by atoms with Crippen molar-refractivity contribution in [3.05, 3.63) is 64.1 Å². The van der Waals surface area contributed by atoms with Crippen molar-refractivity contribution in [1.82, 2.24) is 0 Å². The van der Waals surface area contributed by atoms with Gasteiger partial charge in [0.2, 0.25) is 0 Å². The number of carbonyl (C=O) groups is 2. The molecule has 0 aromatic heterocycles. The van der Waals surface area contributed by atoms with E-state index >= 15 is 0 Å². The number of rotatable bonds is 7. The quantitative estimate of drug-likeness (QED) is 0.344. The molecule has 4 nitrogen and oxygen atoms in total. The van der Waals surface area contributed by atoms with Crippen molar-refractivity contribution in [3.63, 3.8) is 0 Å². The molecule has 2 aromatic rings. The molecule has 0 bridgehead atoms. The fourth-order valence-electron chi connectivity index (χ4n) is 2.05. The van der Waals surface area contributed by atoms with Gasteiger partial charge in [-0.2, -0.15) is 0 Å². The fourth-order valence-corrected chi connectivity index (χ4v) is 3.16. The SMILES string of the molecule is COc1ccc(C(=O)COC(=O)CC(Br)c2ccccc2)cc1Br. The van der Waals surface area contributed by atoms with E-state index in [1.807, 2.05) is 30.3 Å². The maximum atomic E-state index is 12.1. The number of carbonyl (C=O) groups excluding carboxylic acids is 2.